The number of rotatable bonds is 4. The fourth-order valence-corrected chi connectivity index (χ4v) is 4.93. The molecule has 29 heavy (non-hydrogen) atoms. The molecule has 3 atom stereocenters. The molecule has 3 aliphatic rings. The summed E-state index contributed by atoms with van der Waals surface area (Å²) in [6, 6.07) is 7.09. The molecule has 1 aliphatic carbocycles. The molecule has 1 aromatic heterocycles. The fraction of sp³-hybridized carbons (Fsp3) is 0.591. The minimum absolute atomic E-state index is 0.157. The molecule has 0 unspecified atom stereocenters. The van der Waals surface area contributed by atoms with Crippen LogP contribution in [0, 0.1) is 6.92 Å². The van der Waals surface area contributed by atoms with Crippen LogP contribution < -0.4 is 10.6 Å². The molecule has 2 N–H and O–H groups in total. The highest BCUT2D eigenvalue weighted by Gasteiger charge is 2.36. The highest BCUT2D eigenvalue weighted by Crippen LogP contribution is 2.40. The van der Waals surface area contributed by atoms with E-state index in [1.807, 2.05) is 25.1 Å². The van der Waals surface area contributed by atoms with Gasteiger partial charge in [-0.3, -0.25) is 0 Å². The Hall–Kier alpha value is -2.41. The predicted molar refractivity (Wildman–Crippen MR) is 111 cm³/mol. The molecule has 5 rings (SSSR count). The SMILES string of the molecule is Cc1cccc(-c2nc(C3CC3)no2)c1NC(=O)N[C@H]1C[C@H]2CCC[C@@H](C1)N2C. The average Bonchev–Trinajstić information content (AvgIpc) is 3.41. The van der Waals surface area contributed by atoms with Crippen LogP contribution in [0.3, 0.4) is 0 Å². The summed E-state index contributed by atoms with van der Waals surface area (Å²) >= 11 is 0. The highest BCUT2D eigenvalue weighted by molar-refractivity contribution is 5.94. The predicted octanol–water partition coefficient (Wildman–Crippen LogP) is 4.06. The molecular formula is C22H29N5O2. The van der Waals surface area contributed by atoms with Gasteiger partial charge in [-0.05, 0) is 64.1 Å². The van der Waals surface area contributed by atoms with Gasteiger partial charge in [0.25, 0.3) is 5.89 Å². The van der Waals surface area contributed by atoms with Crippen molar-refractivity contribution in [2.24, 2.45) is 0 Å². The first kappa shape index (κ1) is 18.6. The maximum atomic E-state index is 12.8. The smallest absolute Gasteiger partial charge is 0.319 e. The number of hydrogen-bond donors (Lipinski definition) is 2. The first-order chi connectivity index (χ1) is 14.1. The normalized spacial score (nSPS) is 26.9. The Morgan fingerprint density at radius 2 is 1.93 bits per heavy atom. The van der Waals surface area contributed by atoms with Crippen LogP contribution >= 0.6 is 0 Å². The summed E-state index contributed by atoms with van der Waals surface area (Å²) in [5.74, 6) is 1.68. The molecule has 2 bridgehead atoms. The number of carbonyl (C=O) groups is 1. The lowest BCUT2D eigenvalue weighted by Gasteiger charge is -2.47. The van der Waals surface area contributed by atoms with Crippen LogP contribution in [0.15, 0.2) is 22.7 Å². The first-order valence-electron chi connectivity index (χ1n) is 10.8. The molecule has 2 amide bonds. The number of amides is 2. The first-order valence-corrected chi connectivity index (χ1v) is 10.8. The second-order valence-electron chi connectivity index (χ2n) is 8.90. The number of nitrogens with one attached hydrogen (secondary N) is 2. The van der Waals surface area contributed by atoms with Crippen molar-refractivity contribution in [2.75, 3.05) is 12.4 Å². The van der Waals surface area contributed by atoms with Crippen molar-refractivity contribution in [3.63, 3.8) is 0 Å². The van der Waals surface area contributed by atoms with Gasteiger partial charge in [0.1, 0.15) is 0 Å². The van der Waals surface area contributed by atoms with Gasteiger partial charge in [-0.1, -0.05) is 23.7 Å². The van der Waals surface area contributed by atoms with Crippen molar-refractivity contribution >= 4 is 11.7 Å². The van der Waals surface area contributed by atoms with Gasteiger partial charge >= 0.3 is 6.03 Å². The van der Waals surface area contributed by atoms with E-state index in [9.17, 15) is 4.79 Å². The summed E-state index contributed by atoms with van der Waals surface area (Å²) < 4.78 is 5.50. The van der Waals surface area contributed by atoms with Crippen LogP contribution in [0.1, 0.15) is 62.3 Å². The summed E-state index contributed by atoms with van der Waals surface area (Å²) in [6.45, 7) is 1.98. The lowest BCUT2D eigenvalue weighted by Crippen LogP contribution is -2.55. The van der Waals surface area contributed by atoms with Gasteiger partial charge in [0, 0.05) is 24.0 Å². The second kappa shape index (κ2) is 7.44. The third-order valence-corrected chi connectivity index (χ3v) is 6.80. The van der Waals surface area contributed by atoms with Gasteiger partial charge < -0.3 is 20.1 Å². The molecular weight excluding hydrogens is 366 g/mol. The fourth-order valence-electron chi connectivity index (χ4n) is 4.93. The summed E-state index contributed by atoms with van der Waals surface area (Å²) in [6.07, 6.45) is 8.06. The molecule has 7 heteroatoms. The number of para-hydroxylation sites is 1. The quantitative estimate of drug-likeness (QED) is 0.816. The Balaban J connectivity index is 1.30. The number of carbonyl (C=O) groups excluding carboxylic acids is 1. The van der Waals surface area contributed by atoms with Crippen LogP contribution in [0.5, 0.6) is 0 Å². The molecule has 0 spiro atoms. The van der Waals surface area contributed by atoms with E-state index in [0.29, 0.717) is 23.9 Å². The Morgan fingerprint density at radius 3 is 2.66 bits per heavy atom. The molecule has 2 aliphatic heterocycles. The Bertz CT molecular complexity index is 892. The van der Waals surface area contributed by atoms with Crippen LogP contribution in [-0.2, 0) is 0 Å². The van der Waals surface area contributed by atoms with E-state index in [0.717, 1.165) is 48.3 Å². The Morgan fingerprint density at radius 1 is 1.17 bits per heavy atom. The zero-order valence-electron chi connectivity index (χ0n) is 17.1. The molecule has 1 saturated carbocycles. The van der Waals surface area contributed by atoms with Gasteiger partial charge in [-0.2, -0.15) is 4.98 Å². The van der Waals surface area contributed by atoms with E-state index in [-0.39, 0.29) is 12.1 Å². The van der Waals surface area contributed by atoms with Crippen molar-refractivity contribution in [2.45, 2.75) is 75.9 Å². The third-order valence-electron chi connectivity index (χ3n) is 6.80. The van der Waals surface area contributed by atoms with Crippen LogP contribution in [-0.4, -0.2) is 46.2 Å². The van der Waals surface area contributed by atoms with Gasteiger partial charge in [-0.25, -0.2) is 4.79 Å². The number of anilines is 1. The zero-order chi connectivity index (χ0) is 20.0. The highest BCUT2D eigenvalue weighted by atomic mass is 16.5. The largest absolute Gasteiger partial charge is 0.335 e. The van der Waals surface area contributed by atoms with E-state index < -0.39 is 0 Å². The van der Waals surface area contributed by atoms with Crippen molar-refractivity contribution in [1.29, 1.82) is 0 Å². The lowest BCUT2D eigenvalue weighted by atomic mass is 9.82. The average molecular weight is 396 g/mol. The molecule has 2 aromatic rings. The van der Waals surface area contributed by atoms with E-state index in [4.69, 9.17) is 4.52 Å². The molecule has 154 valence electrons. The van der Waals surface area contributed by atoms with Crippen LogP contribution in [0.2, 0.25) is 0 Å². The lowest BCUT2D eigenvalue weighted by molar-refractivity contribution is 0.0513. The third kappa shape index (κ3) is 3.75. The number of hydrogen-bond acceptors (Lipinski definition) is 5. The summed E-state index contributed by atoms with van der Waals surface area (Å²) in [5, 5.41) is 10.4. The number of benzene rings is 1. The van der Waals surface area contributed by atoms with Crippen LogP contribution in [0.25, 0.3) is 11.5 Å². The summed E-state index contributed by atoms with van der Waals surface area (Å²) in [7, 11) is 2.23. The van der Waals surface area contributed by atoms with E-state index in [2.05, 4.69) is 32.7 Å². The number of aryl methyl sites for hydroxylation is 1. The summed E-state index contributed by atoms with van der Waals surface area (Å²) in [4.78, 5) is 19.9. The van der Waals surface area contributed by atoms with Gasteiger partial charge in [0.05, 0.1) is 11.3 Å². The second-order valence-corrected chi connectivity index (χ2v) is 8.90. The van der Waals surface area contributed by atoms with Crippen molar-refractivity contribution in [3.05, 3.63) is 29.6 Å². The number of aromatic nitrogens is 2. The molecule has 0 radical (unpaired) electrons. The van der Waals surface area contributed by atoms with Crippen LogP contribution in [0.4, 0.5) is 10.5 Å². The van der Waals surface area contributed by atoms with Gasteiger partial charge in [-0.15, -0.1) is 0 Å². The maximum absolute atomic E-state index is 12.8. The Labute approximate surface area is 171 Å². The molecule has 3 heterocycles. The molecule has 1 aromatic carbocycles. The maximum Gasteiger partial charge on any atom is 0.319 e. The topological polar surface area (TPSA) is 83.3 Å². The number of nitrogens with zero attached hydrogens (tertiary/aromatic N) is 3. The summed E-state index contributed by atoms with van der Waals surface area (Å²) in [5.41, 5.74) is 2.49. The molecule has 7 nitrogen and oxygen atoms in total. The van der Waals surface area contributed by atoms with Gasteiger partial charge in [0.15, 0.2) is 5.82 Å². The van der Waals surface area contributed by atoms with Crippen molar-refractivity contribution in [1.82, 2.24) is 20.4 Å². The molecule has 2 saturated heterocycles. The minimum atomic E-state index is -0.157. The minimum Gasteiger partial charge on any atom is -0.335 e. The van der Waals surface area contributed by atoms with E-state index in [1.54, 1.807) is 0 Å². The van der Waals surface area contributed by atoms with Crippen molar-refractivity contribution in [3.8, 4) is 11.5 Å². The van der Waals surface area contributed by atoms with E-state index in [1.165, 1.54) is 19.3 Å². The zero-order valence-corrected chi connectivity index (χ0v) is 17.1. The number of fused-ring (bicyclic) bond motifs is 2. The van der Waals surface area contributed by atoms with Crippen molar-refractivity contribution < 1.29 is 9.32 Å². The molecule has 3 fully saturated rings. The van der Waals surface area contributed by atoms with E-state index >= 15 is 0 Å². The standard InChI is InChI=1S/C22H29N5O2/c1-13-5-3-8-18(21-25-20(26-29-21)14-9-10-14)19(13)24-22(28)23-15-11-16-6-4-7-17(12-15)27(16)2/h3,5,8,14-17H,4,6-7,9-12H2,1-2H3,(H2,23,24,28)/t15-,16+,17-. The van der Waals surface area contributed by atoms with Gasteiger partial charge in [0.2, 0.25) is 0 Å². The number of piperidine rings is 2. The monoisotopic (exact) mass is 395 g/mol. The number of urea groups is 1. The Kier molecular flexibility index (Phi) is 4.78.